The number of hydrogen-bond donors (Lipinski definition) is 1. The highest BCUT2D eigenvalue weighted by atomic mass is 32.2. The monoisotopic (exact) mass is 321 g/mol. The molecule has 0 amide bonds. The average molecular weight is 321 g/mol. The minimum absolute atomic E-state index is 0.0102. The maximum absolute atomic E-state index is 10.7. The van der Waals surface area contributed by atoms with E-state index in [0.717, 1.165) is 24.2 Å². The quantitative estimate of drug-likeness (QED) is 0.824. The van der Waals surface area contributed by atoms with Crippen LogP contribution in [0.15, 0.2) is 34.3 Å². The number of benzene rings is 1. The fourth-order valence-corrected chi connectivity index (χ4v) is 3.23. The molecule has 110 valence electrons. The first-order chi connectivity index (χ1) is 10.2. The van der Waals surface area contributed by atoms with E-state index in [1.54, 1.807) is 11.8 Å². The lowest BCUT2D eigenvalue weighted by atomic mass is 10.2. The molecule has 7 heteroatoms. The third kappa shape index (κ3) is 3.24. The van der Waals surface area contributed by atoms with E-state index in [4.69, 9.17) is 5.11 Å². The van der Waals surface area contributed by atoms with E-state index < -0.39 is 5.97 Å². The van der Waals surface area contributed by atoms with Gasteiger partial charge in [-0.2, -0.15) is 0 Å². The highest BCUT2D eigenvalue weighted by molar-refractivity contribution is 7.99. The highest BCUT2D eigenvalue weighted by Gasteiger charge is 2.30. The van der Waals surface area contributed by atoms with Crippen LogP contribution in [0.4, 0.5) is 0 Å². The largest absolute Gasteiger partial charge is 0.481 e. The molecule has 1 aromatic carbocycles. The lowest BCUT2D eigenvalue weighted by molar-refractivity contribution is -0.133. The Morgan fingerprint density at radius 3 is 2.62 bits per heavy atom. The number of thioether (sulfide) groups is 2. The smallest absolute Gasteiger partial charge is 0.313 e. The molecular weight excluding hydrogens is 306 g/mol. The van der Waals surface area contributed by atoms with Gasteiger partial charge in [-0.25, -0.2) is 0 Å². The van der Waals surface area contributed by atoms with E-state index in [9.17, 15) is 4.79 Å². The van der Waals surface area contributed by atoms with Gasteiger partial charge in [0.1, 0.15) is 0 Å². The van der Waals surface area contributed by atoms with Crippen LogP contribution in [-0.4, -0.2) is 37.8 Å². The number of nitrogens with zero attached hydrogens (tertiary/aromatic N) is 3. The van der Waals surface area contributed by atoms with Crippen LogP contribution >= 0.6 is 23.5 Å². The Labute approximate surface area is 131 Å². The summed E-state index contributed by atoms with van der Waals surface area (Å²) in [6.45, 7) is 0. The van der Waals surface area contributed by atoms with E-state index >= 15 is 0 Å². The maximum atomic E-state index is 10.7. The van der Waals surface area contributed by atoms with Gasteiger partial charge in [0.05, 0.1) is 5.75 Å². The second kappa shape index (κ2) is 6.11. The van der Waals surface area contributed by atoms with Gasteiger partial charge >= 0.3 is 5.97 Å². The zero-order chi connectivity index (χ0) is 14.8. The van der Waals surface area contributed by atoms with Crippen molar-refractivity contribution in [2.75, 3.05) is 12.0 Å². The Balaban J connectivity index is 1.92. The zero-order valence-corrected chi connectivity index (χ0v) is 13.2. The van der Waals surface area contributed by atoms with Gasteiger partial charge in [0, 0.05) is 16.5 Å². The van der Waals surface area contributed by atoms with Crippen LogP contribution in [-0.2, 0) is 4.79 Å². The summed E-state index contributed by atoms with van der Waals surface area (Å²) in [5.41, 5.74) is 1.02. The second-order valence-electron chi connectivity index (χ2n) is 4.82. The number of aromatic nitrogens is 3. The summed E-state index contributed by atoms with van der Waals surface area (Å²) in [6.07, 6.45) is 4.26. The Kier molecular flexibility index (Phi) is 4.21. The summed E-state index contributed by atoms with van der Waals surface area (Å²) in [6, 6.07) is 8.62. The third-order valence-electron chi connectivity index (χ3n) is 3.25. The van der Waals surface area contributed by atoms with E-state index in [1.165, 1.54) is 16.7 Å². The summed E-state index contributed by atoms with van der Waals surface area (Å²) >= 11 is 2.93. The van der Waals surface area contributed by atoms with Crippen molar-refractivity contribution in [2.45, 2.75) is 28.9 Å². The van der Waals surface area contributed by atoms with E-state index in [2.05, 4.69) is 26.9 Å². The molecule has 0 bridgehead atoms. The predicted octanol–water partition coefficient (Wildman–Crippen LogP) is 3.18. The molecule has 0 atom stereocenters. The second-order valence-corrected chi connectivity index (χ2v) is 6.64. The summed E-state index contributed by atoms with van der Waals surface area (Å²) in [5, 5.41) is 18.0. The standard InChI is InChI=1S/C14H15N3O2S2/c1-20-11-6-2-9(3-7-11)13-15-16-14(21-8-12(18)19)17(13)10-4-5-10/h2-3,6-7,10H,4-5,8H2,1H3,(H,18,19). The molecule has 1 aliphatic rings. The van der Waals surface area contributed by atoms with Crippen molar-refractivity contribution < 1.29 is 9.90 Å². The van der Waals surface area contributed by atoms with Crippen LogP contribution in [0.2, 0.25) is 0 Å². The highest BCUT2D eigenvalue weighted by Crippen LogP contribution is 2.41. The topological polar surface area (TPSA) is 68.0 Å². The summed E-state index contributed by atoms with van der Waals surface area (Å²) in [5.74, 6) is 0.00487. The third-order valence-corrected chi connectivity index (χ3v) is 4.92. The van der Waals surface area contributed by atoms with Gasteiger partial charge in [-0.3, -0.25) is 9.36 Å². The normalized spacial score (nSPS) is 14.3. The van der Waals surface area contributed by atoms with Gasteiger partial charge in [0.15, 0.2) is 11.0 Å². The van der Waals surface area contributed by atoms with E-state index in [1.807, 2.05) is 18.4 Å². The Morgan fingerprint density at radius 2 is 2.05 bits per heavy atom. The fourth-order valence-electron chi connectivity index (χ4n) is 2.10. The van der Waals surface area contributed by atoms with Gasteiger partial charge in [-0.05, 0) is 31.2 Å². The Bertz CT molecular complexity index is 651. The fraction of sp³-hybridized carbons (Fsp3) is 0.357. The average Bonchev–Trinajstić information content (AvgIpc) is 3.25. The van der Waals surface area contributed by atoms with Crippen molar-refractivity contribution in [2.24, 2.45) is 0 Å². The molecule has 0 saturated heterocycles. The van der Waals surface area contributed by atoms with E-state index in [-0.39, 0.29) is 5.75 Å². The Hall–Kier alpha value is -1.47. The number of hydrogen-bond acceptors (Lipinski definition) is 5. The first kappa shape index (κ1) is 14.5. The SMILES string of the molecule is CSc1ccc(-c2nnc(SCC(=O)O)n2C2CC2)cc1. The summed E-state index contributed by atoms with van der Waals surface area (Å²) < 4.78 is 2.09. The zero-order valence-electron chi connectivity index (χ0n) is 11.5. The molecule has 1 heterocycles. The van der Waals surface area contributed by atoms with Crippen LogP contribution in [0, 0.1) is 0 Å². The maximum Gasteiger partial charge on any atom is 0.313 e. The Morgan fingerprint density at radius 1 is 1.33 bits per heavy atom. The van der Waals surface area contributed by atoms with Crippen LogP contribution < -0.4 is 0 Å². The number of carbonyl (C=O) groups is 1. The van der Waals surface area contributed by atoms with Crippen LogP contribution in [0.25, 0.3) is 11.4 Å². The minimum Gasteiger partial charge on any atom is -0.481 e. The van der Waals surface area contributed by atoms with Gasteiger partial charge in [-0.1, -0.05) is 23.9 Å². The van der Waals surface area contributed by atoms with Crippen molar-refractivity contribution in [3.05, 3.63) is 24.3 Å². The van der Waals surface area contributed by atoms with Crippen molar-refractivity contribution in [1.29, 1.82) is 0 Å². The van der Waals surface area contributed by atoms with Gasteiger partial charge in [0.25, 0.3) is 0 Å². The molecule has 0 aliphatic heterocycles. The molecule has 1 aliphatic carbocycles. The van der Waals surface area contributed by atoms with Crippen molar-refractivity contribution in [3.8, 4) is 11.4 Å². The molecule has 21 heavy (non-hydrogen) atoms. The van der Waals surface area contributed by atoms with Crippen LogP contribution in [0.5, 0.6) is 0 Å². The number of aliphatic carboxylic acids is 1. The van der Waals surface area contributed by atoms with Gasteiger partial charge < -0.3 is 5.11 Å². The molecule has 1 aromatic heterocycles. The van der Waals surface area contributed by atoms with Crippen LogP contribution in [0.1, 0.15) is 18.9 Å². The molecule has 1 N–H and O–H groups in total. The number of rotatable bonds is 6. The lowest BCUT2D eigenvalue weighted by Gasteiger charge is -2.08. The number of carboxylic acids is 1. The van der Waals surface area contributed by atoms with Crippen molar-refractivity contribution in [3.63, 3.8) is 0 Å². The molecule has 1 saturated carbocycles. The lowest BCUT2D eigenvalue weighted by Crippen LogP contribution is -2.03. The molecule has 5 nitrogen and oxygen atoms in total. The minimum atomic E-state index is -0.837. The molecule has 0 spiro atoms. The summed E-state index contributed by atoms with van der Waals surface area (Å²) in [4.78, 5) is 11.9. The molecular formula is C14H15N3O2S2. The van der Waals surface area contributed by atoms with Gasteiger partial charge in [0.2, 0.25) is 0 Å². The molecule has 1 fully saturated rings. The summed E-state index contributed by atoms with van der Waals surface area (Å²) in [7, 11) is 0. The molecule has 2 aromatic rings. The molecule has 0 radical (unpaired) electrons. The predicted molar refractivity (Wildman–Crippen MR) is 83.9 cm³/mol. The van der Waals surface area contributed by atoms with Gasteiger partial charge in [-0.15, -0.1) is 22.0 Å². The van der Waals surface area contributed by atoms with Crippen LogP contribution in [0.3, 0.4) is 0 Å². The van der Waals surface area contributed by atoms with E-state index in [0.29, 0.717) is 11.2 Å². The number of carboxylic acid groups (broad SMARTS) is 1. The van der Waals surface area contributed by atoms with Crippen molar-refractivity contribution >= 4 is 29.5 Å². The first-order valence-corrected chi connectivity index (χ1v) is 8.84. The van der Waals surface area contributed by atoms with Crippen molar-refractivity contribution in [1.82, 2.24) is 14.8 Å². The molecule has 3 rings (SSSR count). The first-order valence-electron chi connectivity index (χ1n) is 6.63. The molecule has 0 unspecified atom stereocenters.